The maximum atomic E-state index is 8.82. The van der Waals surface area contributed by atoms with Gasteiger partial charge in [-0.1, -0.05) is 17.7 Å². The number of fused-ring (bicyclic) bond motifs is 1. The predicted molar refractivity (Wildman–Crippen MR) is 54.2 cm³/mol. The molecule has 0 bridgehead atoms. The van der Waals surface area contributed by atoms with Gasteiger partial charge in [-0.2, -0.15) is 0 Å². The summed E-state index contributed by atoms with van der Waals surface area (Å²) < 4.78 is 5.56. The summed E-state index contributed by atoms with van der Waals surface area (Å²) >= 11 is 0. The second-order valence-electron chi connectivity index (χ2n) is 3.66. The minimum Gasteiger partial charge on any atom is -0.478 e. The van der Waals surface area contributed by atoms with Crippen molar-refractivity contribution in [3.63, 3.8) is 0 Å². The zero-order chi connectivity index (χ0) is 9.97. The van der Waals surface area contributed by atoms with Crippen molar-refractivity contribution >= 4 is 0 Å². The average molecular weight is 193 g/mol. The van der Waals surface area contributed by atoms with Crippen molar-refractivity contribution in [2.24, 2.45) is 0 Å². The van der Waals surface area contributed by atoms with E-state index in [1.54, 1.807) is 0 Å². The molecular weight excluding hydrogens is 178 g/mol. The Morgan fingerprint density at radius 1 is 1.50 bits per heavy atom. The van der Waals surface area contributed by atoms with Crippen molar-refractivity contribution in [1.29, 1.82) is 0 Å². The number of rotatable bonds is 2. The fraction of sp³-hybridized carbons (Fsp3) is 0.455. The van der Waals surface area contributed by atoms with E-state index in [0.717, 1.165) is 12.3 Å². The highest BCUT2D eigenvalue weighted by molar-refractivity contribution is 5.37. The van der Waals surface area contributed by atoms with Gasteiger partial charge in [-0.25, -0.2) is 0 Å². The van der Waals surface area contributed by atoms with Gasteiger partial charge in [0, 0.05) is 18.7 Å². The number of nitrogens with zero attached hydrogens (tertiary/aromatic N) is 1. The predicted octanol–water partition coefficient (Wildman–Crippen LogP) is 1.14. The van der Waals surface area contributed by atoms with Gasteiger partial charge >= 0.3 is 0 Å². The lowest BCUT2D eigenvalue weighted by molar-refractivity contribution is 0.0771. The van der Waals surface area contributed by atoms with Crippen LogP contribution in [-0.4, -0.2) is 29.9 Å². The molecule has 0 aliphatic carbocycles. The summed E-state index contributed by atoms with van der Waals surface area (Å²) in [4.78, 5) is 2.09. The average Bonchev–Trinajstić information content (AvgIpc) is 2.17. The smallest absolute Gasteiger partial charge is 0.142 e. The number of β-amino-alcohol motifs (C(OH)–C–C–N with tert-alkyl or cyclic N) is 1. The van der Waals surface area contributed by atoms with E-state index in [-0.39, 0.29) is 6.61 Å². The van der Waals surface area contributed by atoms with Crippen molar-refractivity contribution in [3.05, 3.63) is 29.3 Å². The van der Waals surface area contributed by atoms with Crippen molar-refractivity contribution < 1.29 is 9.84 Å². The number of ether oxygens (including phenoxy) is 1. The zero-order valence-electron chi connectivity index (χ0n) is 8.36. The molecule has 3 heteroatoms. The monoisotopic (exact) mass is 193 g/mol. The van der Waals surface area contributed by atoms with Gasteiger partial charge in [-0.05, 0) is 13.0 Å². The molecule has 0 aromatic heterocycles. The van der Waals surface area contributed by atoms with E-state index in [4.69, 9.17) is 9.84 Å². The Hall–Kier alpha value is -1.06. The number of benzene rings is 1. The highest BCUT2D eigenvalue weighted by atomic mass is 16.5. The van der Waals surface area contributed by atoms with E-state index < -0.39 is 0 Å². The highest BCUT2D eigenvalue weighted by Crippen LogP contribution is 2.25. The molecule has 0 amide bonds. The second kappa shape index (κ2) is 3.98. The summed E-state index contributed by atoms with van der Waals surface area (Å²) in [7, 11) is 0. The summed E-state index contributed by atoms with van der Waals surface area (Å²) in [5.74, 6) is 0.977. The Morgan fingerprint density at radius 2 is 2.36 bits per heavy atom. The van der Waals surface area contributed by atoms with Gasteiger partial charge in [0.2, 0.25) is 0 Å². The van der Waals surface area contributed by atoms with Crippen LogP contribution in [0, 0.1) is 6.92 Å². The van der Waals surface area contributed by atoms with Crippen LogP contribution in [0.5, 0.6) is 5.75 Å². The van der Waals surface area contributed by atoms with Crippen molar-refractivity contribution in [3.8, 4) is 5.75 Å². The van der Waals surface area contributed by atoms with Crippen LogP contribution in [0.25, 0.3) is 0 Å². The van der Waals surface area contributed by atoms with E-state index in [1.165, 1.54) is 11.1 Å². The first-order chi connectivity index (χ1) is 6.79. The first-order valence-electron chi connectivity index (χ1n) is 4.85. The maximum Gasteiger partial charge on any atom is 0.142 e. The molecule has 0 radical (unpaired) electrons. The van der Waals surface area contributed by atoms with Crippen molar-refractivity contribution in [2.75, 3.05) is 19.9 Å². The normalized spacial score (nSPS) is 16.1. The molecule has 1 aliphatic heterocycles. The summed E-state index contributed by atoms with van der Waals surface area (Å²) in [6.07, 6.45) is 0. The minimum atomic E-state index is 0.185. The number of aliphatic hydroxyl groups is 1. The fourth-order valence-corrected chi connectivity index (χ4v) is 1.71. The van der Waals surface area contributed by atoms with Gasteiger partial charge in [-0.3, -0.25) is 4.90 Å². The SMILES string of the molecule is Cc1ccc2c(c1)CN(CCO)CO2. The Balaban J connectivity index is 2.16. The molecule has 0 unspecified atom stereocenters. The molecule has 3 nitrogen and oxygen atoms in total. The van der Waals surface area contributed by atoms with Crippen LogP contribution in [-0.2, 0) is 6.54 Å². The Morgan fingerprint density at radius 3 is 3.14 bits per heavy atom. The Kier molecular flexibility index (Phi) is 2.70. The number of aryl methyl sites for hydroxylation is 1. The lowest BCUT2D eigenvalue weighted by Gasteiger charge is -2.28. The van der Waals surface area contributed by atoms with Gasteiger partial charge < -0.3 is 9.84 Å². The molecule has 0 spiro atoms. The third-order valence-corrected chi connectivity index (χ3v) is 2.43. The molecule has 2 rings (SSSR count). The molecule has 14 heavy (non-hydrogen) atoms. The van der Waals surface area contributed by atoms with E-state index >= 15 is 0 Å². The molecule has 1 aromatic carbocycles. The summed E-state index contributed by atoms with van der Waals surface area (Å²) in [5, 5.41) is 8.82. The van der Waals surface area contributed by atoms with Gasteiger partial charge in [0.05, 0.1) is 6.61 Å². The third kappa shape index (κ3) is 1.89. The quantitative estimate of drug-likeness (QED) is 0.764. The standard InChI is InChI=1S/C11H15NO2/c1-9-2-3-11-10(6-9)7-12(4-5-13)8-14-11/h2-3,6,13H,4-5,7-8H2,1H3. The molecule has 0 fully saturated rings. The van der Waals surface area contributed by atoms with Crippen LogP contribution in [0.4, 0.5) is 0 Å². The van der Waals surface area contributed by atoms with Gasteiger partial charge in [0.25, 0.3) is 0 Å². The summed E-state index contributed by atoms with van der Waals surface area (Å²) in [5.41, 5.74) is 2.46. The molecule has 1 N–H and O–H groups in total. The number of aliphatic hydroxyl groups excluding tert-OH is 1. The van der Waals surface area contributed by atoms with E-state index in [9.17, 15) is 0 Å². The fourth-order valence-electron chi connectivity index (χ4n) is 1.71. The third-order valence-electron chi connectivity index (χ3n) is 2.43. The van der Waals surface area contributed by atoms with Crippen molar-refractivity contribution in [2.45, 2.75) is 13.5 Å². The molecule has 1 aromatic rings. The maximum absolute atomic E-state index is 8.82. The lowest BCUT2D eigenvalue weighted by Crippen LogP contribution is -2.34. The van der Waals surface area contributed by atoms with Crippen LogP contribution in [0.1, 0.15) is 11.1 Å². The van der Waals surface area contributed by atoms with Crippen LogP contribution in [0.3, 0.4) is 0 Å². The van der Waals surface area contributed by atoms with E-state index in [1.807, 2.05) is 6.07 Å². The van der Waals surface area contributed by atoms with E-state index in [2.05, 4.69) is 24.0 Å². The Labute approximate surface area is 83.9 Å². The molecule has 0 saturated heterocycles. The molecule has 0 saturated carbocycles. The zero-order valence-corrected chi connectivity index (χ0v) is 8.36. The molecule has 1 heterocycles. The lowest BCUT2D eigenvalue weighted by atomic mass is 10.1. The molecule has 76 valence electrons. The van der Waals surface area contributed by atoms with Crippen LogP contribution < -0.4 is 4.74 Å². The Bertz CT molecular complexity index is 325. The van der Waals surface area contributed by atoms with Gasteiger partial charge in [0.1, 0.15) is 12.5 Å². The first kappa shape index (κ1) is 9.49. The molecule has 1 aliphatic rings. The molecular formula is C11H15NO2. The van der Waals surface area contributed by atoms with Crippen LogP contribution >= 0.6 is 0 Å². The van der Waals surface area contributed by atoms with Gasteiger partial charge in [0.15, 0.2) is 0 Å². The minimum absolute atomic E-state index is 0.185. The van der Waals surface area contributed by atoms with Crippen molar-refractivity contribution in [1.82, 2.24) is 4.90 Å². The van der Waals surface area contributed by atoms with Crippen LogP contribution in [0.15, 0.2) is 18.2 Å². The summed E-state index contributed by atoms with van der Waals surface area (Å²) in [6.45, 7) is 4.39. The topological polar surface area (TPSA) is 32.7 Å². The second-order valence-corrected chi connectivity index (χ2v) is 3.66. The number of hydrogen-bond acceptors (Lipinski definition) is 3. The highest BCUT2D eigenvalue weighted by Gasteiger charge is 2.16. The van der Waals surface area contributed by atoms with Gasteiger partial charge in [-0.15, -0.1) is 0 Å². The summed E-state index contributed by atoms with van der Waals surface area (Å²) in [6, 6.07) is 6.21. The largest absolute Gasteiger partial charge is 0.478 e. The number of hydrogen-bond donors (Lipinski definition) is 1. The molecule has 0 atom stereocenters. The van der Waals surface area contributed by atoms with Crippen LogP contribution in [0.2, 0.25) is 0 Å². The van der Waals surface area contributed by atoms with E-state index in [0.29, 0.717) is 13.3 Å². The first-order valence-corrected chi connectivity index (χ1v) is 4.85.